The van der Waals surface area contributed by atoms with Crippen LogP contribution in [0.25, 0.3) is 0 Å². The molecule has 1 aliphatic heterocycles. The van der Waals surface area contributed by atoms with Crippen LogP contribution in [0.3, 0.4) is 0 Å². The highest BCUT2D eigenvalue weighted by Gasteiger charge is 2.20. The van der Waals surface area contributed by atoms with Crippen molar-refractivity contribution in [3.8, 4) is 0 Å². The summed E-state index contributed by atoms with van der Waals surface area (Å²) < 4.78 is 0. The summed E-state index contributed by atoms with van der Waals surface area (Å²) in [5, 5.41) is 0.326. The third-order valence-corrected chi connectivity index (χ3v) is 3.65. The van der Waals surface area contributed by atoms with Gasteiger partial charge in [0.1, 0.15) is 5.82 Å². The molecule has 1 atom stereocenters. The Morgan fingerprint density at radius 3 is 2.65 bits per heavy atom. The standard InChI is InChI=1S/C12H19ClN4/c1-3-10(2)16-6-8-17(9-7-16)11-4-5-14-12(13)15-11/h4-5,10H,3,6-9H2,1-2H3. The van der Waals surface area contributed by atoms with Crippen molar-refractivity contribution in [1.29, 1.82) is 0 Å². The maximum absolute atomic E-state index is 5.81. The van der Waals surface area contributed by atoms with Crippen LogP contribution in [0.15, 0.2) is 12.3 Å². The Bertz CT molecular complexity index is 363. The minimum absolute atomic E-state index is 0.326. The van der Waals surface area contributed by atoms with E-state index >= 15 is 0 Å². The van der Waals surface area contributed by atoms with Crippen LogP contribution < -0.4 is 4.90 Å². The van der Waals surface area contributed by atoms with Gasteiger partial charge in [0.2, 0.25) is 5.28 Å². The Morgan fingerprint density at radius 1 is 1.35 bits per heavy atom. The van der Waals surface area contributed by atoms with Crippen LogP contribution in [-0.2, 0) is 0 Å². The number of hydrogen-bond donors (Lipinski definition) is 0. The summed E-state index contributed by atoms with van der Waals surface area (Å²) >= 11 is 5.81. The van der Waals surface area contributed by atoms with Crippen LogP contribution in [0.1, 0.15) is 20.3 Å². The minimum Gasteiger partial charge on any atom is -0.354 e. The Labute approximate surface area is 108 Å². The van der Waals surface area contributed by atoms with E-state index < -0.39 is 0 Å². The van der Waals surface area contributed by atoms with Gasteiger partial charge in [-0.05, 0) is 31.0 Å². The highest BCUT2D eigenvalue weighted by molar-refractivity contribution is 6.28. The average Bonchev–Trinajstić information content (AvgIpc) is 2.38. The van der Waals surface area contributed by atoms with Gasteiger partial charge < -0.3 is 4.90 Å². The summed E-state index contributed by atoms with van der Waals surface area (Å²) in [5.74, 6) is 0.939. The quantitative estimate of drug-likeness (QED) is 0.773. The molecule has 0 radical (unpaired) electrons. The lowest BCUT2D eigenvalue weighted by Crippen LogP contribution is -2.49. The second-order valence-corrected chi connectivity index (χ2v) is 4.80. The first kappa shape index (κ1) is 12.6. The molecule has 94 valence electrons. The minimum atomic E-state index is 0.326. The Kier molecular flexibility index (Phi) is 4.18. The molecule has 0 aliphatic carbocycles. The number of aromatic nitrogens is 2. The number of nitrogens with zero attached hydrogens (tertiary/aromatic N) is 4. The highest BCUT2D eigenvalue weighted by atomic mass is 35.5. The second kappa shape index (κ2) is 5.65. The predicted molar refractivity (Wildman–Crippen MR) is 70.6 cm³/mol. The molecule has 1 fully saturated rings. The van der Waals surface area contributed by atoms with E-state index in [0.29, 0.717) is 11.3 Å². The van der Waals surface area contributed by atoms with Crippen LogP contribution in [0.2, 0.25) is 5.28 Å². The van der Waals surface area contributed by atoms with E-state index in [2.05, 4.69) is 33.6 Å². The molecule has 4 nitrogen and oxygen atoms in total. The summed E-state index contributed by atoms with van der Waals surface area (Å²) in [7, 11) is 0. The fraction of sp³-hybridized carbons (Fsp3) is 0.667. The lowest BCUT2D eigenvalue weighted by atomic mass is 10.2. The first-order valence-electron chi connectivity index (χ1n) is 6.18. The van der Waals surface area contributed by atoms with Crippen molar-refractivity contribution < 1.29 is 0 Å². The highest BCUT2D eigenvalue weighted by Crippen LogP contribution is 2.16. The zero-order valence-corrected chi connectivity index (χ0v) is 11.2. The van der Waals surface area contributed by atoms with E-state index in [9.17, 15) is 0 Å². The fourth-order valence-electron chi connectivity index (χ4n) is 2.15. The molecule has 2 rings (SSSR count). The molecule has 1 saturated heterocycles. The lowest BCUT2D eigenvalue weighted by molar-refractivity contribution is 0.192. The van der Waals surface area contributed by atoms with Crippen molar-refractivity contribution in [3.63, 3.8) is 0 Å². The molecule has 2 heterocycles. The maximum atomic E-state index is 5.81. The second-order valence-electron chi connectivity index (χ2n) is 4.46. The maximum Gasteiger partial charge on any atom is 0.224 e. The average molecular weight is 255 g/mol. The van der Waals surface area contributed by atoms with Crippen molar-refractivity contribution in [2.75, 3.05) is 31.1 Å². The van der Waals surface area contributed by atoms with Crippen LogP contribution in [-0.4, -0.2) is 47.1 Å². The molecular formula is C12H19ClN4. The molecule has 1 aromatic heterocycles. The van der Waals surface area contributed by atoms with E-state index in [1.807, 2.05) is 6.07 Å². The smallest absolute Gasteiger partial charge is 0.224 e. The molecule has 0 spiro atoms. The molecule has 0 bridgehead atoms. The Morgan fingerprint density at radius 2 is 2.06 bits per heavy atom. The number of anilines is 1. The predicted octanol–water partition coefficient (Wildman–Crippen LogP) is 2.05. The molecule has 0 saturated carbocycles. The van der Waals surface area contributed by atoms with Crippen LogP contribution in [0.5, 0.6) is 0 Å². The SMILES string of the molecule is CCC(C)N1CCN(c2ccnc(Cl)n2)CC1. The van der Waals surface area contributed by atoms with Gasteiger partial charge in [-0.2, -0.15) is 0 Å². The molecule has 0 amide bonds. The largest absolute Gasteiger partial charge is 0.354 e. The van der Waals surface area contributed by atoms with Gasteiger partial charge in [-0.1, -0.05) is 6.92 Å². The number of rotatable bonds is 3. The van der Waals surface area contributed by atoms with Gasteiger partial charge >= 0.3 is 0 Å². The Hall–Kier alpha value is -0.870. The van der Waals surface area contributed by atoms with Gasteiger partial charge in [-0.25, -0.2) is 9.97 Å². The van der Waals surface area contributed by atoms with Crippen molar-refractivity contribution in [1.82, 2.24) is 14.9 Å². The van der Waals surface area contributed by atoms with Gasteiger partial charge in [-0.3, -0.25) is 4.90 Å². The van der Waals surface area contributed by atoms with Crippen LogP contribution >= 0.6 is 11.6 Å². The summed E-state index contributed by atoms with van der Waals surface area (Å²) in [5.41, 5.74) is 0. The zero-order valence-electron chi connectivity index (χ0n) is 10.4. The molecular weight excluding hydrogens is 236 g/mol. The summed E-state index contributed by atoms with van der Waals surface area (Å²) in [6, 6.07) is 2.59. The van der Waals surface area contributed by atoms with Crippen molar-refractivity contribution >= 4 is 17.4 Å². The van der Waals surface area contributed by atoms with E-state index in [1.54, 1.807) is 6.20 Å². The van der Waals surface area contributed by atoms with Gasteiger partial charge in [0.25, 0.3) is 0 Å². The molecule has 0 aromatic carbocycles. The first-order chi connectivity index (χ1) is 8.20. The van der Waals surface area contributed by atoms with Gasteiger partial charge in [0.15, 0.2) is 0 Å². The third-order valence-electron chi connectivity index (χ3n) is 3.46. The van der Waals surface area contributed by atoms with E-state index in [1.165, 1.54) is 6.42 Å². The summed E-state index contributed by atoms with van der Waals surface area (Å²) in [4.78, 5) is 13.0. The van der Waals surface area contributed by atoms with Crippen LogP contribution in [0, 0.1) is 0 Å². The van der Waals surface area contributed by atoms with Gasteiger partial charge in [-0.15, -0.1) is 0 Å². The fourth-order valence-corrected chi connectivity index (χ4v) is 2.30. The topological polar surface area (TPSA) is 32.3 Å². The number of hydrogen-bond acceptors (Lipinski definition) is 4. The Balaban J connectivity index is 1.95. The normalized spacial score (nSPS) is 19.4. The molecule has 5 heteroatoms. The molecule has 1 aromatic rings. The third kappa shape index (κ3) is 3.07. The van der Waals surface area contributed by atoms with E-state index in [0.717, 1.165) is 32.0 Å². The number of piperazine rings is 1. The monoisotopic (exact) mass is 254 g/mol. The molecule has 1 unspecified atom stereocenters. The van der Waals surface area contributed by atoms with E-state index in [-0.39, 0.29) is 0 Å². The zero-order chi connectivity index (χ0) is 12.3. The van der Waals surface area contributed by atoms with Crippen molar-refractivity contribution in [2.24, 2.45) is 0 Å². The lowest BCUT2D eigenvalue weighted by Gasteiger charge is -2.38. The van der Waals surface area contributed by atoms with Crippen LogP contribution in [0.4, 0.5) is 5.82 Å². The summed E-state index contributed by atoms with van der Waals surface area (Å²) in [6.07, 6.45) is 2.92. The van der Waals surface area contributed by atoms with E-state index in [4.69, 9.17) is 11.6 Å². The van der Waals surface area contributed by atoms with Gasteiger partial charge in [0.05, 0.1) is 0 Å². The molecule has 17 heavy (non-hydrogen) atoms. The molecule has 1 aliphatic rings. The van der Waals surface area contributed by atoms with Crippen molar-refractivity contribution in [2.45, 2.75) is 26.3 Å². The van der Waals surface area contributed by atoms with Crippen molar-refractivity contribution in [3.05, 3.63) is 17.5 Å². The van der Waals surface area contributed by atoms with Gasteiger partial charge in [0, 0.05) is 38.4 Å². The first-order valence-corrected chi connectivity index (χ1v) is 6.56. The number of halogens is 1. The molecule has 0 N–H and O–H groups in total. The summed E-state index contributed by atoms with van der Waals surface area (Å²) in [6.45, 7) is 8.74.